The second kappa shape index (κ2) is 3.48. The summed E-state index contributed by atoms with van der Waals surface area (Å²) in [5.74, 6) is -9.78. The van der Waals surface area contributed by atoms with Crippen molar-refractivity contribution in [1.29, 1.82) is 0 Å². The van der Waals surface area contributed by atoms with Crippen molar-refractivity contribution in [2.45, 2.75) is 12.0 Å². The lowest BCUT2D eigenvalue weighted by atomic mass is 10.3. The molecule has 0 aromatic heterocycles. The van der Waals surface area contributed by atoms with Crippen LogP contribution < -0.4 is 0 Å². The second-order valence-electron chi connectivity index (χ2n) is 1.74. The van der Waals surface area contributed by atoms with Gasteiger partial charge in [0.1, 0.15) is 0 Å². The van der Waals surface area contributed by atoms with Crippen LogP contribution in [0.5, 0.6) is 0 Å². The minimum Gasteiger partial charge on any atom is -0.199 e. The molecule has 0 aliphatic heterocycles. The molecular formula is C4F8O. The minimum absolute atomic E-state index is 1.38. The summed E-state index contributed by atoms with van der Waals surface area (Å²) in [6, 6.07) is 0. The van der Waals surface area contributed by atoms with Gasteiger partial charge >= 0.3 is 18.1 Å². The molecule has 1 nitrogen and oxygen atoms in total. The van der Waals surface area contributed by atoms with Crippen LogP contribution in [0.4, 0.5) is 35.3 Å². The predicted molar refractivity (Wildman–Crippen MR) is 22.4 cm³/mol. The first-order chi connectivity index (χ1) is 5.66. The summed E-state index contributed by atoms with van der Waals surface area (Å²) in [6.45, 7) is 0. The van der Waals surface area contributed by atoms with Gasteiger partial charge in [0.25, 0.3) is 0 Å². The van der Waals surface area contributed by atoms with Crippen LogP contribution in [0.25, 0.3) is 0 Å². The lowest BCUT2D eigenvalue weighted by Crippen LogP contribution is -2.42. The van der Waals surface area contributed by atoms with Crippen LogP contribution in [0.1, 0.15) is 0 Å². The average Bonchev–Trinajstić information content (AvgIpc) is 2.02. The fourth-order valence-corrected chi connectivity index (χ4v) is 0.295. The molecule has 78 valence electrons. The molecule has 0 spiro atoms. The van der Waals surface area contributed by atoms with Gasteiger partial charge in [0, 0.05) is 0 Å². The van der Waals surface area contributed by atoms with Gasteiger partial charge < -0.3 is 0 Å². The molecule has 0 aliphatic carbocycles. The van der Waals surface area contributed by atoms with E-state index < -0.39 is 23.9 Å². The van der Waals surface area contributed by atoms with Crippen LogP contribution in [0.2, 0.25) is 0 Å². The lowest BCUT2D eigenvalue weighted by molar-refractivity contribution is -0.417. The number of hydrogen-bond acceptors (Lipinski definition) is 1. The van der Waals surface area contributed by atoms with Crippen LogP contribution in [0.15, 0.2) is 11.9 Å². The third-order valence-corrected chi connectivity index (χ3v) is 0.904. The number of hydrogen-bond donors (Lipinski definition) is 0. The molecule has 0 radical (unpaired) electrons. The Hall–Kier alpha value is -0.860. The van der Waals surface area contributed by atoms with Crippen LogP contribution in [0.3, 0.4) is 0 Å². The molecule has 0 atom stereocenters. The Bertz CT molecular complexity index is 216. The number of alkyl halides is 4. The lowest BCUT2D eigenvalue weighted by Gasteiger charge is -2.19. The molecule has 0 aromatic carbocycles. The molecule has 0 aromatic rings. The highest BCUT2D eigenvalue weighted by atomic mass is 19.4. The summed E-state index contributed by atoms with van der Waals surface area (Å²) in [5, 5.41) is 0. The third kappa shape index (κ3) is 2.08. The van der Waals surface area contributed by atoms with Gasteiger partial charge in [-0.25, -0.2) is 0 Å². The Labute approximate surface area is 65.5 Å². The van der Waals surface area contributed by atoms with Crippen molar-refractivity contribution in [2.24, 2.45) is 0 Å². The standard InChI is InChI=1S/C4F8O/c5-1(2(6)7)3(8,9)4(10,11)13-12. The topological polar surface area (TPSA) is 9.23 Å². The van der Waals surface area contributed by atoms with Gasteiger partial charge in [-0.3, -0.25) is 0 Å². The van der Waals surface area contributed by atoms with E-state index in [0.717, 1.165) is 0 Å². The number of halogens is 8. The number of rotatable bonds is 3. The van der Waals surface area contributed by atoms with E-state index in [1.807, 2.05) is 0 Å². The Balaban J connectivity index is 5.09. The first-order valence-corrected chi connectivity index (χ1v) is 2.43. The molecule has 0 fully saturated rings. The maximum atomic E-state index is 11.8. The van der Waals surface area contributed by atoms with Gasteiger partial charge in [-0.1, -0.05) is 0 Å². The largest absolute Gasteiger partial charge is 0.456 e. The van der Waals surface area contributed by atoms with E-state index in [9.17, 15) is 35.3 Å². The van der Waals surface area contributed by atoms with E-state index in [2.05, 4.69) is 0 Å². The summed E-state index contributed by atoms with van der Waals surface area (Å²) in [7, 11) is 0. The smallest absolute Gasteiger partial charge is 0.199 e. The minimum atomic E-state index is -6.04. The Morgan fingerprint density at radius 2 is 1.31 bits per heavy atom. The second-order valence-corrected chi connectivity index (χ2v) is 1.74. The highest BCUT2D eigenvalue weighted by Crippen LogP contribution is 2.43. The van der Waals surface area contributed by atoms with E-state index in [-0.39, 0.29) is 0 Å². The predicted octanol–water partition coefficient (Wildman–Crippen LogP) is 3.19. The summed E-state index contributed by atoms with van der Waals surface area (Å²) in [4.78, 5) is 1.38. The van der Waals surface area contributed by atoms with Gasteiger partial charge in [0.15, 0.2) is 0 Å². The molecule has 0 saturated heterocycles. The van der Waals surface area contributed by atoms with E-state index in [1.54, 1.807) is 0 Å². The average molecular weight is 216 g/mol. The normalized spacial score (nSPS) is 12.9. The van der Waals surface area contributed by atoms with Gasteiger partial charge in [0.05, 0.1) is 0 Å². The van der Waals surface area contributed by atoms with Crippen molar-refractivity contribution in [3.8, 4) is 0 Å². The molecule has 0 heterocycles. The first-order valence-electron chi connectivity index (χ1n) is 2.43. The summed E-state index contributed by atoms with van der Waals surface area (Å²) < 4.78 is 91.4. The summed E-state index contributed by atoms with van der Waals surface area (Å²) in [6.07, 6.45) is -9.65. The Morgan fingerprint density at radius 1 is 0.923 bits per heavy atom. The fraction of sp³-hybridized carbons (Fsp3) is 0.500. The van der Waals surface area contributed by atoms with Gasteiger partial charge in [0.2, 0.25) is 5.83 Å². The first kappa shape index (κ1) is 12.1. The fourth-order valence-electron chi connectivity index (χ4n) is 0.295. The van der Waals surface area contributed by atoms with Crippen molar-refractivity contribution < 1.29 is 40.2 Å². The van der Waals surface area contributed by atoms with E-state index >= 15 is 0 Å². The zero-order chi connectivity index (χ0) is 10.9. The molecule has 0 aliphatic rings. The van der Waals surface area contributed by atoms with E-state index in [4.69, 9.17) is 0 Å². The Morgan fingerprint density at radius 3 is 1.54 bits per heavy atom. The van der Waals surface area contributed by atoms with Gasteiger partial charge in [-0.15, -0.1) is 4.94 Å². The molecule has 13 heavy (non-hydrogen) atoms. The monoisotopic (exact) mass is 216 g/mol. The van der Waals surface area contributed by atoms with Crippen LogP contribution >= 0.6 is 0 Å². The maximum Gasteiger partial charge on any atom is 0.456 e. The maximum absolute atomic E-state index is 11.8. The van der Waals surface area contributed by atoms with E-state index in [1.165, 1.54) is 4.94 Å². The molecule has 0 saturated carbocycles. The molecule has 0 amide bonds. The molecule has 0 bridgehead atoms. The molecule has 9 heteroatoms. The van der Waals surface area contributed by atoms with Crippen LogP contribution in [0, 0.1) is 0 Å². The quantitative estimate of drug-likeness (QED) is 0.658. The molecule has 0 unspecified atom stereocenters. The molecule has 0 N–H and O–H groups in total. The van der Waals surface area contributed by atoms with Crippen molar-refractivity contribution in [3.63, 3.8) is 0 Å². The Kier molecular flexibility index (Phi) is 3.25. The third-order valence-electron chi connectivity index (χ3n) is 0.904. The van der Waals surface area contributed by atoms with Gasteiger partial charge in [-0.2, -0.15) is 30.7 Å². The van der Waals surface area contributed by atoms with Crippen LogP contribution in [-0.4, -0.2) is 12.0 Å². The highest BCUT2D eigenvalue weighted by molar-refractivity contribution is 5.08. The zero-order valence-corrected chi connectivity index (χ0v) is 5.43. The van der Waals surface area contributed by atoms with Crippen LogP contribution in [-0.2, 0) is 4.94 Å². The summed E-state index contributed by atoms with van der Waals surface area (Å²) in [5.41, 5.74) is 0. The van der Waals surface area contributed by atoms with Crippen molar-refractivity contribution >= 4 is 0 Å². The van der Waals surface area contributed by atoms with Crippen molar-refractivity contribution in [1.82, 2.24) is 0 Å². The van der Waals surface area contributed by atoms with Crippen molar-refractivity contribution in [3.05, 3.63) is 11.9 Å². The summed E-state index contributed by atoms with van der Waals surface area (Å²) >= 11 is 0. The SMILES string of the molecule is FOC(F)(F)C(F)(F)C(F)=C(F)F. The van der Waals surface area contributed by atoms with Gasteiger partial charge in [-0.05, 0) is 4.53 Å². The molecule has 0 rings (SSSR count). The zero-order valence-electron chi connectivity index (χ0n) is 5.43. The van der Waals surface area contributed by atoms with Crippen molar-refractivity contribution in [2.75, 3.05) is 0 Å². The highest BCUT2D eigenvalue weighted by Gasteiger charge is 2.64. The molecular weight excluding hydrogens is 216 g/mol. The van der Waals surface area contributed by atoms with E-state index in [0.29, 0.717) is 0 Å².